The third kappa shape index (κ3) is 3.47. The van der Waals surface area contributed by atoms with E-state index in [1.54, 1.807) is 12.4 Å². The Kier molecular flexibility index (Phi) is 4.04. The summed E-state index contributed by atoms with van der Waals surface area (Å²) in [6.07, 6.45) is 3.41. The second-order valence-corrected chi connectivity index (χ2v) is 4.53. The van der Waals surface area contributed by atoms with Gasteiger partial charge in [-0.1, -0.05) is 13.0 Å². The Morgan fingerprint density at radius 3 is 2.53 bits per heavy atom. The van der Waals surface area contributed by atoms with Crippen LogP contribution in [0.1, 0.15) is 24.0 Å². The molecule has 19 heavy (non-hydrogen) atoms. The Balaban J connectivity index is 2.01. The first-order valence-corrected chi connectivity index (χ1v) is 6.03. The van der Waals surface area contributed by atoms with Crippen molar-refractivity contribution in [2.45, 2.75) is 19.8 Å². The number of halogens is 2. The van der Waals surface area contributed by atoms with Crippen molar-refractivity contribution in [2.75, 3.05) is 11.9 Å². The highest BCUT2D eigenvalue weighted by Crippen LogP contribution is 2.20. The Morgan fingerprint density at radius 1 is 1.21 bits per heavy atom. The van der Waals surface area contributed by atoms with Gasteiger partial charge in [-0.2, -0.15) is 0 Å². The van der Waals surface area contributed by atoms with Crippen LogP contribution >= 0.6 is 0 Å². The molecule has 1 aromatic heterocycles. The van der Waals surface area contributed by atoms with Gasteiger partial charge in [0.2, 0.25) is 5.95 Å². The third-order valence-corrected chi connectivity index (χ3v) is 2.84. The largest absolute Gasteiger partial charge is 0.354 e. The van der Waals surface area contributed by atoms with Crippen molar-refractivity contribution in [2.24, 2.45) is 0 Å². The van der Waals surface area contributed by atoms with Crippen molar-refractivity contribution in [3.63, 3.8) is 0 Å². The molecule has 0 radical (unpaired) electrons. The van der Waals surface area contributed by atoms with Gasteiger partial charge in [0.1, 0.15) is 11.6 Å². The van der Waals surface area contributed by atoms with Gasteiger partial charge in [0.15, 0.2) is 0 Å². The molecule has 1 atom stereocenters. The Bertz CT molecular complexity index is 555. The highest BCUT2D eigenvalue weighted by atomic mass is 19.1. The zero-order chi connectivity index (χ0) is 13.8. The van der Waals surface area contributed by atoms with E-state index < -0.39 is 11.6 Å². The summed E-state index contributed by atoms with van der Waals surface area (Å²) in [6.45, 7) is 4.24. The lowest BCUT2D eigenvalue weighted by molar-refractivity contribution is 0.562. The first kappa shape index (κ1) is 13.4. The molecular weight excluding hydrogens is 248 g/mol. The van der Waals surface area contributed by atoms with Gasteiger partial charge in [0.25, 0.3) is 0 Å². The van der Waals surface area contributed by atoms with Gasteiger partial charge in [-0.15, -0.1) is 0 Å². The molecule has 0 amide bonds. The SMILES string of the molecule is Cc1cnc(NCC(C)c2ccc(F)cc2F)nc1. The summed E-state index contributed by atoms with van der Waals surface area (Å²) >= 11 is 0. The van der Waals surface area contributed by atoms with Crippen LogP contribution in [0.4, 0.5) is 14.7 Å². The van der Waals surface area contributed by atoms with Gasteiger partial charge >= 0.3 is 0 Å². The summed E-state index contributed by atoms with van der Waals surface area (Å²) in [5, 5.41) is 3.03. The molecule has 1 aromatic carbocycles. The van der Waals surface area contributed by atoms with Crippen LogP contribution in [0, 0.1) is 18.6 Å². The minimum atomic E-state index is -0.566. The lowest BCUT2D eigenvalue weighted by atomic mass is 10.0. The lowest BCUT2D eigenvalue weighted by Crippen LogP contribution is -2.13. The molecule has 0 aliphatic carbocycles. The molecule has 0 spiro atoms. The average Bonchev–Trinajstić information content (AvgIpc) is 2.37. The molecule has 2 rings (SSSR count). The van der Waals surface area contributed by atoms with Gasteiger partial charge in [-0.25, -0.2) is 18.7 Å². The van der Waals surface area contributed by atoms with Crippen molar-refractivity contribution in [1.82, 2.24) is 9.97 Å². The van der Waals surface area contributed by atoms with Gasteiger partial charge in [-0.05, 0) is 24.1 Å². The van der Waals surface area contributed by atoms with E-state index in [0.717, 1.165) is 11.6 Å². The molecule has 2 aromatic rings. The molecule has 0 aliphatic heterocycles. The van der Waals surface area contributed by atoms with E-state index in [2.05, 4.69) is 15.3 Å². The highest BCUT2D eigenvalue weighted by Gasteiger charge is 2.12. The number of benzene rings is 1. The predicted octanol–water partition coefficient (Wildman–Crippen LogP) is 3.28. The van der Waals surface area contributed by atoms with Crippen molar-refractivity contribution < 1.29 is 8.78 Å². The molecule has 0 aliphatic rings. The fraction of sp³-hybridized carbons (Fsp3) is 0.286. The summed E-state index contributed by atoms with van der Waals surface area (Å²) in [5.41, 5.74) is 1.45. The van der Waals surface area contributed by atoms with E-state index in [1.165, 1.54) is 12.1 Å². The number of anilines is 1. The van der Waals surface area contributed by atoms with Crippen LogP contribution in [-0.4, -0.2) is 16.5 Å². The summed E-state index contributed by atoms with van der Waals surface area (Å²) in [7, 11) is 0. The van der Waals surface area contributed by atoms with Crippen molar-refractivity contribution in [3.8, 4) is 0 Å². The van der Waals surface area contributed by atoms with Crippen LogP contribution in [0.2, 0.25) is 0 Å². The monoisotopic (exact) mass is 263 g/mol. The number of nitrogens with zero attached hydrogens (tertiary/aromatic N) is 2. The van der Waals surface area contributed by atoms with Gasteiger partial charge in [0.05, 0.1) is 0 Å². The first-order chi connectivity index (χ1) is 9.06. The third-order valence-electron chi connectivity index (χ3n) is 2.84. The van der Waals surface area contributed by atoms with E-state index in [0.29, 0.717) is 18.1 Å². The maximum absolute atomic E-state index is 13.6. The van der Waals surface area contributed by atoms with E-state index in [9.17, 15) is 8.78 Å². The van der Waals surface area contributed by atoms with Crippen LogP contribution in [0.25, 0.3) is 0 Å². The zero-order valence-electron chi connectivity index (χ0n) is 10.8. The molecule has 100 valence electrons. The Morgan fingerprint density at radius 2 is 1.89 bits per heavy atom. The summed E-state index contributed by atoms with van der Waals surface area (Å²) in [4.78, 5) is 8.21. The van der Waals surface area contributed by atoms with E-state index >= 15 is 0 Å². The molecule has 1 heterocycles. The molecule has 0 saturated carbocycles. The fourth-order valence-corrected chi connectivity index (χ4v) is 1.74. The molecular formula is C14H15F2N3. The fourth-order valence-electron chi connectivity index (χ4n) is 1.74. The minimum Gasteiger partial charge on any atom is -0.354 e. The number of aryl methyl sites for hydroxylation is 1. The Hall–Kier alpha value is -2.04. The molecule has 1 N–H and O–H groups in total. The molecule has 0 saturated heterocycles. The van der Waals surface area contributed by atoms with Gasteiger partial charge < -0.3 is 5.32 Å². The van der Waals surface area contributed by atoms with Gasteiger partial charge in [0, 0.05) is 30.9 Å². The topological polar surface area (TPSA) is 37.8 Å². The van der Waals surface area contributed by atoms with Crippen LogP contribution < -0.4 is 5.32 Å². The maximum Gasteiger partial charge on any atom is 0.222 e. The molecule has 5 heteroatoms. The maximum atomic E-state index is 13.6. The number of hydrogen-bond acceptors (Lipinski definition) is 3. The van der Waals surface area contributed by atoms with Gasteiger partial charge in [-0.3, -0.25) is 0 Å². The average molecular weight is 263 g/mol. The first-order valence-electron chi connectivity index (χ1n) is 6.03. The van der Waals surface area contributed by atoms with Crippen LogP contribution in [-0.2, 0) is 0 Å². The van der Waals surface area contributed by atoms with Crippen molar-refractivity contribution in [1.29, 1.82) is 0 Å². The van der Waals surface area contributed by atoms with Crippen LogP contribution in [0.3, 0.4) is 0 Å². The molecule has 3 nitrogen and oxygen atoms in total. The summed E-state index contributed by atoms with van der Waals surface area (Å²) in [5.74, 6) is -0.701. The number of nitrogens with one attached hydrogen (secondary N) is 1. The number of aromatic nitrogens is 2. The number of rotatable bonds is 4. The standard InChI is InChI=1S/C14H15F2N3/c1-9-6-17-14(18-7-9)19-8-10(2)12-4-3-11(15)5-13(12)16/h3-7,10H,8H2,1-2H3,(H,17,18,19). The zero-order valence-corrected chi connectivity index (χ0v) is 10.8. The second kappa shape index (κ2) is 5.73. The molecule has 0 fully saturated rings. The van der Waals surface area contributed by atoms with Crippen LogP contribution in [0.15, 0.2) is 30.6 Å². The molecule has 1 unspecified atom stereocenters. The summed E-state index contributed by atoms with van der Waals surface area (Å²) in [6, 6.07) is 3.62. The second-order valence-electron chi connectivity index (χ2n) is 4.53. The predicted molar refractivity (Wildman–Crippen MR) is 70.0 cm³/mol. The lowest BCUT2D eigenvalue weighted by Gasteiger charge is -2.13. The van der Waals surface area contributed by atoms with Crippen molar-refractivity contribution >= 4 is 5.95 Å². The van der Waals surface area contributed by atoms with E-state index in [1.807, 2.05) is 13.8 Å². The van der Waals surface area contributed by atoms with Crippen LogP contribution in [0.5, 0.6) is 0 Å². The van der Waals surface area contributed by atoms with Crippen molar-refractivity contribution in [3.05, 3.63) is 53.4 Å². The minimum absolute atomic E-state index is 0.106. The smallest absolute Gasteiger partial charge is 0.222 e. The van der Waals surface area contributed by atoms with E-state index in [4.69, 9.17) is 0 Å². The summed E-state index contributed by atoms with van der Waals surface area (Å²) < 4.78 is 26.4. The normalized spacial score (nSPS) is 12.2. The quantitative estimate of drug-likeness (QED) is 0.919. The Labute approximate surface area is 110 Å². The molecule has 0 bridgehead atoms. The van der Waals surface area contributed by atoms with E-state index in [-0.39, 0.29) is 5.92 Å². The highest BCUT2D eigenvalue weighted by molar-refractivity contribution is 5.28. The number of hydrogen-bond donors (Lipinski definition) is 1.